The summed E-state index contributed by atoms with van der Waals surface area (Å²) in [4.78, 5) is 26.0. The highest BCUT2D eigenvalue weighted by molar-refractivity contribution is 5.75. The number of hydrogen-bond acceptors (Lipinski definition) is 8. The molecule has 0 radical (unpaired) electrons. The topological polar surface area (TPSA) is 113 Å². The van der Waals surface area contributed by atoms with Crippen LogP contribution < -0.4 is 15.2 Å². The number of aromatic nitrogens is 3. The summed E-state index contributed by atoms with van der Waals surface area (Å²) >= 11 is 0. The van der Waals surface area contributed by atoms with Crippen LogP contribution in [0.3, 0.4) is 0 Å². The number of nitrogens with two attached hydrogens (primary N) is 1. The summed E-state index contributed by atoms with van der Waals surface area (Å²) < 4.78 is 16.8. The molecule has 1 atom stereocenters. The molecule has 166 valence electrons. The van der Waals surface area contributed by atoms with Crippen LogP contribution in [0.25, 0.3) is 11.1 Å². The van der Waals surface area contributed by atoms with E-state index in [0.717, 1.165) is 42.0 Å². The first-order chi connectivity index (χ1) is 15.6. The zero-order valence-electron chi connectivity index (χ0n) is 17.8. The van der Waals surface area contributed by atoms with E-state index in [0.29, 0.717) is 18.1 Å². The lowest BCUT2D eigenvalue weighted by atomic mass is 10.1. The first kappa shape index (κ1) is 21.7. The molecule has 3 aromatic rings. The Balaban J connectivity index is 1.40. The van der Waals surface area contributed by atoms with Gasteiger partial charge in [-0.1, -0.05) is 12.1 Å². The fourth-order valence-electron chi connectivity index (χ4n) is 3.58. The van der Waals surface area contributed by atoms with Gasteiger partial charge in [0.15, 0.2) is 18.1 Å². The molecule has 32 heavy (non-hydrogen) atoms. The minimum atomic E-state index is -0.533. The van der Waals surface area contributed by atoms with Crippen LogP contribution in [0.1, 0.15) is 17.4 Å². The van der Waals surface area contributed by atoms with Crippen molar-refractivity contribution in [2.24, 2.45) is 5.73 Å². The Hall–Kier alpha value is -3.56. The van der Waals surface area contributed by atoms with Crippen molar-refractivity contribution in [1.29, 1.82) is 0 Å². The van der Waals surface area contributed by atoms with E-state index in [1.54, 1.807) is 25.6 Å². The maximum atomic E-state index is 11.0. The highest BCUT2D eigenvalue weighted by atomic mass is 16.5. The molecule has 0 spiro atoms. The second kappa shape index (κ2) is 10.2. The molecule has 4 rings (SSSR count). The molecular formula is C23H25N5O4. The number of rotatable bonds is 8. The quantitative estimate of drug-likeness (QED) is 0.572. The lowest BCUT2D eigenvalue weighted by Gasteiger charge is -2.32. The predicted molar refractivity (Wildman–Crippen MR) is 117 cm³/mol. The molecule has 1 amide bonds. The number of carbonyl (C=O) groups is 1. The van der Waals surface area contributed by atoms with Crippen molar-refractivity contribution in [2.75, 3.05) is 33.4 Å². The first-order valence-electron chi connectivity index (χ1n) is 10.3. The average Bonchev–Trinajstić information content (AvgIpc) is 2.84. The summed E-state index contributed by atoms with van der Waals surface area (Å²) in [6, 6.07) is 9.67. The Morgan fingerprint density at radius 2 is 2.00 bits per heavy atom. The van der Waals surface area contributed by atoms with E-state index >= 15 is 0 Å². The lowest BCUT2D eigenvalue weighted by Crippen LogP contribution is -2.38. The van der Waals surface area contributed by atoms with Crippen molar-refractivity contribution < 1.29 is 19.0 Å². The summed E-state index contributed by atoms with van der Waals surface area (Å²) in [6.45, 7) is 2.70. The van der Waals surface area contributed by atoms with Gasteiger partial charge in [-0.25, -0.2) is 9.97 Å². The number of morpholine rings is 1. The number of hydrogen-bond donors (Lipinski definition) is 1. The van der Waals surface area contributed by atoms with Gasteiger partial charge < -0.3 is 19.9 Å². The van der Waals surface area contributed by atoms with Crippen LogP contribution in [0.15, 0.2) is 55.2 Å². The van der Waals surface area contributed by atoms with Gasteiger partial charge in [-0.15, -0.1) is 0 Å². The molecule has 1 aliphatic rings. The van der Waals surface area contributed by atoms with Crippen LogP contribution in [-0.4, -0.2) is 59.2 Å². The first-order valence-corrected chi connectivity index (χ1v) is 10.3. The number of carbonyl (C=O) groups excluding carboxylic acids is 1. The molecule has 3 heterocycles. The highest BCUT2D eigenvalue weighted by Crippen LogP contribution is 2.30. The van der Waals surface area contributed by atoms with Crippen LogP contribution in [0, 0.1) is 0 Å². The molecule has 9 heteroatoms. The van der Waals surface area contributed by atoms with E-state index in [4.69, 9.17) is 19.9 Å². The van der Waals surface area contributed by atoms with Crippen molar-refractivity contribution in [2.45, 2.75) is 12.6 Å². The van der Waals surface area contributed by atoms with Crippen LogP contribution in [0.2, 0.25) is 0 Å². The summed E-state index contributed by atoms with van der Waals surface area (Å²) in [5.74, 6) is 0.521. The minimum Gasteiger partial charge on any atom is -0.493 e. The third-order valence-electron chi connectivity index (χ3n) is 5.16. The Morgan fingerprint density at radius 3 is 2.72 bits per heavy atom. The number of pyridine rings is 1. The monoisotopic (exact) mass is 435 g/mol. The number of primary amides is 1. The Morgan fingerprint density at radius 1 is 1.16 bits per heavy atom. The third-order valence-corrected chi connectivity index (χ3v) is 5.16. The zero-order chi connectivity index (χ0) is 22.3. The molecule has 1 unspecified atom stereocenters. The van der Waals surface area contributed by atoms with Crippen molar-refractivity contribution in [3.05, 3.63) is 66.5 Å². The van der Waals surface area contributed by atoms with Gasteiger partial charge in [-0.3, -0.25) is 14.7 Å². The van der Waals surface area contributed by atoms with Gasteiger partial charge in [-0.2, -0.15) is 0 Å². The molecule has 1 saturated heterocycles. The average molecular weight is 435 g/mol. The SMILES string of the molecule is COc1cc(CN2CCOC(c3ccc(-c4cncnc4)cn3)C2)ccc1OCC(N)=O. The van der Waals surface area contributed by atoms with Gasteiger partial charge in [0.05, 0.1) is 19.4 Å². The van der Waals surface area contributed by atoms with E-state index in [9.17, 15) is 4.79 Å². The maximum Gasteiger partial charge on any atom is 0.255 e. The molecular weight excluding hydrogens is 410 g/mol. The molecule has 0 aliphatic carbocycles. The van der Waals surface area contributed by atoms with Crippen LogP contribution >= 0.6 is 0 Å². The molecule has 0 saturated carbocycles. The normalized spacial score (nSPS) is 16.5. The fraction of sp³-hybridized carbons (Fsp3) is 0.304. The van der Waals surface area contributed by atoms with Gasteiger partial charge in [0, 0.05) is 49.4 Å². The van der Waals surface area contributed by atoms with E-state index < -0.39 is 5.91 Å². The molecule has 1 fully saturated rings. The summed E-state index contributed by atoms with van der Waals surface area (Å²) in [6.07, 6.45) is 6.76. The number of nitrogens with zero attached hydrogens (tertiary/aromatic N) is 4. The lowest BCUT2D eigenvalue weighted by molar-refractivity contribution is -0.119. The summed E-state index contributed by atoms with van der Waals surface area (Å²) in [5.41, 5.74) is 9.00. The largest absolute Gasteiger partial charge is 0.493 e. The molecule has 0 bridgehead atoms. The third kappa shape index (κ3) is 5.37. The fourth-order valence-corrected chi connectivity index (χ4v) is 3.58. The highest BCUT2D eigenvalue weighted by Gasteiger charge is 2.23. The number of benzene rings is 1. The van der Waals surface area contributed by atoms with Crippen molar-refractivity contribution >= 4 is 5.91 Å². The summed E-state index contributed by atoms with van der Waals surface area (Å²) in [5, 5.41) is 0. The molecule has 2 aromatic heterocycles. The second-order valence-corrected chi connectivity index (χ2v) is 7.43. The van der Waals surface area contributed by atoms with E-state index in [1.807, 2.05) is 30.5 Å². The van der Waals surface area contributed by atoms with Gasteiger partial charge in [-0.05, 0) is 23.8 Å². The molecule has 1 aromatic carbocycles. The van der Waals surface area contributed by atoms with Gasteiger partial charge in [0.1, 0.15) is 12.4 Å². The zero-order valence-corrected chi connectivity index (χ0v) is 17.8. The number of ether oxygens (including phenoxy) is 3. The van der Waals surface area contributed by atoms with E-state index in [2.05, 4.69) is 19.9 Å². The predicted octanol–water partition coefficient (Wildman–Crippen LogP) is 1.98. The van der Waals surface area contributed by atoms with Gasteiger partial charge in [0.25, 0.3) is 5.91 Å². The van der Waals surface area contributed by atoms with E-state index in [1.165, 1.54) is 6.33 Å². The van der Waals surface area contributed by atoms with Crippen LogP contribution in [0.4, 0.5) is 0 Å². The van der Waals surface area contributed by atoms with Crippen molar-refractivity contribution in [1.82, 2.24) is 19.9 Å². The second-order valence-electron chi connectivity index (χ2n) is 7.43. The molecule has 2 N–H and O–H groups in total. The maximum absolute atomic E-state index is 11.0. The Bertz CT molecular complexity index is 1050. The summed E-state index contributed by atoms with van der Waals surface area (Å²) in [7, 11) is 1.57. The molecule has 9 nitrogen and oxygen atoms in total. The minimum absolute atomic E-state index is 0.107. The van der Waals surface area contributed by atoms with Crippen molar-refractivity contribution in [3.8, 4) is 22.6 Å². The van der Waals surface area contributed by atoms with Crippen molar-refractivity contribution in [3.63, 3.8) is 0 Å². The van der Waals surface area contributed by atoms with E-state index in [-0.39, 0.29) is 12.7 Å². The smallest absolute Gasteiger partial charge is 0.255 e. The molecule has 1 aliphatic heterocycles. The Labute approximate surface area is 186 Å². The standard InChI is InChI=1S/C23H25N5O4/c1-30-21-8-16(2-5-20(21)32-14-23(24)29)12-28-6-7-31-22(13-28)19-4-3-17(11-27-19)18-9-25-15-26-10-18/h2-5,8-11,15,22H,6-7,12-14H2,1H3,(H2,24,29). The number of amides is 1. The number of methoxy groups -OCH3 is 1. The van der Waals surface area contributed by atoms with Gasteiger partial charge >= 0.3 is 0 Å². The Kier molecular flexibility index (Phi) is 6.88. The van der Waals surface area contributed by atoms with Gasteiger partial charge in [0.2, 0.25) is 0 Å². The van der Waals surface area contributed by atoms with Crippen LogP contribution in [0.5, 0.6) is 11.5 Å². The van der Waals surface area contributed by atoms with Crippen LogP contribution in [-0.2, 0) is 16.1 Å².